The Bertz CT molecular complexity index is 631. The third kappa shape index (κ3) is 5.66. The molecule has 2 aromatic carbocycles. The Labute approximate surface area is 137 Å². The standard InChI is InChI=1S/C19H24N2O2/c1-14-10-15(2)12-17(11-14)20-9-8-19(22)21-13-16-4-6-18(23-3)7-5-16/h4-7,10-12,20H,8-9,13H2,1-3H3,(H,21,22). The maximum atomic E-state index is 11.9. The van der Waals surface area contributed by atoms with Crippen molar-refractivity contribution in [3.63, 3.8) is 0 Å². The number of benzene rings is 2. The second-order valence-electron chi connectivity index (χ2n) is 5.68. The highest BCUT2D eigenvalue weighted by molar-refractivity contribution is 5.76. The zero-order valence-corrected chi connectivity index (χ0v) is 14.0. The minimum atomic E-state index is 0.0395. The van der Waals surface area contributed by atoms with Gasteiger partial charge in [0.15, 0.2) is 0 Å². The third-order valence-corrected chi connectivity index (χ3v) is 3.55. The van der Waals surface area contributed by atoms with Crippen LogP contribution in [0.2, 0.25) is 0 Å². The first-order valence-electron chi connectivity index (χ1n) is 7.78. The zero-order valence-electron chi connectivity index (χ0n) is 14.0. The van der Waals surface area contributed by atoms with E-state index in [0.29, 0.717) is 19.5 Å². The van der Waals surface area contributed by atoms with Gasteiger partial charge in [-0.15, -0.1) is 0 Å². The van der Waals surface area contributed by atoms with Crippen LogP contribution in [-0.2, 0) is 11.3 Å². The van der Waals surface area contributed by atoms with E-state index >= 15 is 0 Å². The van der Waals surface area contributed by atoms with Crippen molar-refractivity contribution in [2.45, 2.75) is 26.8 Å². The van der Waals surface area contributed by atoms with Crippen LogP contribution in [0.25, 0.3) is 0 Å². The molecule has 0 unspecified atom stereocenters. The van der Waals surface area contributed by atoms with Crippen LogP contribution in [0, 0.1) is 13.8 Å². The summed E-state index contributed by atoms with van der Waals surface area (Å²) in [6.07, 6.45) is 0.448. The van der Waals surface area contributed by atoms with Crippen LogP contribution in [-0.4, -0.2) is 19.6 Å². The van der Waals surface area contributed by atoms with Crippen molar-refractivity contribution in [1.29, 1.82) is 0 Å². The van der Waals surface area contributed by atoms with E-state index in [9.17, 15) is 4.79 Å². The van der Waals surface area contributed by atoms with Gasteiger partial charge in [-0.1, -0.05) is 18.2 Å². The molecule has 122 valence electrons. The molecule has 0 spiro atoms. The molecule has 0 bridgehead atoms. The summed E-state index contributed by atoms with van der Waals surface area (Å²) >= 11 is 0. The molecule has 0 heterocycles. The molecule has 23 heavy (non-hydrogen) atoms. The minimum absolute atomic E-state index is 0.0395. The molecular formula is C19H24N2O2. The summed E-state index contributed by atoms with van der Waals surface area (Å²) < 4.78 is 5.11. The van der Waals surface area contributed by atoms with E-state index in [-0.39, 0.29) is 5.91 Å². The second kappa shape index (κ2) is 8.22. The number of carbonyl (C=O) groups is 1. The normalized spacial score (nSPS) is 10.2. The molecule has 1 amide bonds. The Balaban J connectivity index is 1.72. The van der Waals surface area contributed by atoms with Crippen LogP contribution in [0.3, 0.4) is 0 Å². The van der Waals surface area contributed by atoms with Gasteiger partial charge in [-0.3, -0.25) is 4.79 Å². The SMILES string of the molecule is COc1ccc(CNC(=O)CCNc2cc(C)cc(C)c2)cc1. The Hall–Kier alpha value is -2.49. The van der Waals surface area contributed by atoms with Crippen molar-refractivity contribution >= 4 is 11.6 Å². The quantitative estimate of drug-likeness (QED) is 0.823. The first-order valence-corrected chi connectivity index (χ1v) is 7.78. The van der Waals surface area contributed by atoms with Gasteiger partial charge in [0.25, 0.3) is 0 Å². The van der Waals surface area contributed by atoms with Crippen molar-refractivity contribution < 1.29 is 9.53 Å². The molecule has 0 saturated heterocycles. The van der Waals surface area contributed by atoms with Gasteiger partial charge in [0, 0.05) is 25.2 Å². The monoisotopic (exact) mass is 312 g/mol. The van der Waals surface area contributed by atoms with E-state index in [1.165, 1.54) is 11.1 Å². The molecule has 2 rings (SSSR count). The number of aryl methyl sites for hydroxylation is 2. The minimum Gasteiger partial charge on any atom is -0.497 e. The molecule has 0 saturated carbocycles. The van der Waals surface area contributed by atoms with Gasteiger partial charge in [-0.25, -0.2) is 0 Å². The summed E-state index contributed by atoms with van der Waals surface area (Å²) in [6.45, 7) is 5.29. The smallest absolute Gasteiger partial charge is 0.222 e. The summed E-state index contributed by atoms with van der Waals surface area (Å²) in [4.78, 5) is 11.9. The van der Waals surface area contributed by atoms with Crippen molar-refractivity contribution in [2.24, 2.45) is 0 Å². The molecule has 0 aliphatic heterocycles. The fraction of sp³-hybridized carbons (Fsp3) is 0.316. The maximum absolute atomic E-state index is 11.9. The number of rotatable bonds is 7. The Morgan fingerprint density at radius 1 is 1.04 bits per heavy atom. The Kier molecular flexibility index (Phi) is 6.03. The van der Waals surface area contributed by atoms with E-state index in [0.717, 1.165) is 17.0 Å². The lowest BCUT2D eigenvalue weighted by Gasteiger charge is -2.09. The average molecular weight is 312 g/mol. The van der Waals surface area contributed by atoms with Crippen LogP contribution in [0.15, 0.2) is 42.5 Å². The maximum Gasteiger partial charge on any atom is 0.222 e. The summed E-state index contributed by atoms with van der Waals surface area (Å²) in [5, 5.41) is 6.22. The number of methoxy groups -OCH3 is 1. The summed E-state index contributed by atoms with van der Waals surface area (Å²) in [7, 11) is 1.64. The fourth-order valence-corrected chi connectivity index (χ4v) is 2.43. The molecule has 4 nitrogen and oxygen atoms in total. The molecule has 0 aliphatic rings. The largest absolute Gasteiger partial charge is 0.497 e. The predicted octanol–water partition coefficient (Wildman–Crippen LogP) is 3.43. The van der Waals surface area contributed by atoms with Gasteiger partial charge in [0.05, 0.1) is 7.11 Å². The van der Waals surface area contributed by atoms with Crippen molar-refractivity contribution in [3.8, 4) is 5.75 Å². The Morgan fingerprint density at radius 3 is 2.30 bits per heavy atom. The van der Waals surface area contributed by atoms with Gasteiger partial charge in [-0.2, -0.15) is 0 Å². The lowest BCUT2D eigenvalue weighted by Crippen LogP contribution is -2.24. The van der Waals surface area contributed by atoms with Crippen LogP contribution < -0.4 is 15.4 Å². The average Bonchev–Trinajstić information content (AvgIpc) is 2.52. The van der Waals surface area contributed by atoms with E-state index < -0.39 is 0 Å². The highest BCUT2D eigenvalue weighted by atomic mass is 16.5. The van der Waals surface area contributed by atoms with Gasteiger partial charge in [0.2, 0.25) is 5.91 Å². The highest BCUT2D eigenvalue weighted by Gasteiger charge is 2.02. The van der Waals surface area contributed by atoms with Crippen LogP contribution in [0.1, 0.15) is 23.1 Å². The molecule has 0 atom stereocenters. The molecule has 0 fully saturated rings. The first kappa shape index (κ1) is 16.9. The number of hydrogen-bond acceptors (Lipinski definition) is 3. The van der Waals surface area contributed by atoms with E-state index in [1.54, 1.807) is 7.11 Å². The number of anilines is 1. The van der Waals surface area contributed by atoms with E-state index in [2.05, 4.69) is 42.7 Å². The number of ether oxygens (including phenoxy) is 1. The fourth-order valence-electron chi connectivity index (χ4n) is 2.43. The lowest BCUT2D eigenvalue weighted by molar-refractivity contribution is -0.121. The van der Waals surface area contributed by atoms with Crippen LogP contribution >= 0.6 is 0 Å². The highest BCUT2D eigenvalue weighted by Crippen LogP contribution is 2.13. The van der Waals surface area contributed by atoms with Gasteiger partial charge in [0.1, 0.15) is 5.75 Å². The summed E-state index contributed by atoms with van der Waals surface area (Å²) in [5.41, 5.74) is 4.56. The molecule has 0 aromatic heterocycles. The van der Waals surface area contributed by atoms with Gasteiger partial charge < -0.3 is 15.4 Å². The first-order chi connectivity index (χ1) is 11.1. The third-order valence-electron chi connectivity index (χ3n) is 3.55. The molecule has 4 heteroatoms. The Morgan fingerprint density at radius 2 is 1.70 bits per heavy atom. The molecule has 2 N–H and O–H groups in total. The van der Waals surface area contributed by atoms with E-state index in [4.69, 9.17) is 4.74 Å². The summed E-state index contributed by atoms with van der Waals surface area (Å²) in [6, 6.07) is 14.0. The summed E-state index contributed by atoms with van der Waals surface area (Å²) in [5.74, 6) is 0.857. The number of hydrogen-bond donors (Lipinski definition) is 2. The number of carbonyl (C=O) groups excluding carboxylic acids is 1. The molecule has 0 radical (unpaired) electrons. The molecular weight excluding hydrogens is 288 g/mol. The van der Waals surface area contributed by atoms with Crippen LogP contribution in [0.4, 0.5) is 5.69 Å². The van der Waals surface area contributed by atoms with E-state index in [1.807, 2.05) is 24.3 Å². The predicted molar refractivity (Wildman–Crippen MR) is 93.9 cm³/mol. The van der Waals surface area contributed by atoms with Crippen molar-refractivity contribution in [3.05, 3.63) is 59.2 Å². The van der Waals surface area contributed by atoms with Gasteiger partial charge in [-0.05, 0) is 54.8 Å². The van der Waals surface area contributed by atoms with Crippen molar-refractivity contribution in [1.82, 2.24) is 5.32 Å². The topological polar surface area (TPSA) is 50.4 Å². The number of amides is 1. The molecule has 2 aromatic rings. The zero-order chi connectivity index (χ0) is 16.7. The number of nitrogens with one attached hydrogen (secondary N) is 2. The molecule has 0 aliphatic carbocycles. The van der Waals surface area contributed by atoms with Gasteiger partial charge >= 0.3 is 0 Å². The van der Waals surface area contributed by atoms with Crippen molar-refractivity contribution in [2.75, 3.05) is 19.0 Å². The van der Waals surface area contributed by atoms with Crippen LogP contribution in [0.5, 0.6) is 5.75 Å². The second-order valence-corrected chi connectivity index (χ2v) is 5.68. The lowest BCUT2D eigenvalue weighted by atomic mass is 10.1.